The standard InChI is InChI=1S/C18H26N2/c19-11-13-1-3-17(4-2-13)20-12-18-8-14-5-15(9-18)7-16(6-14)10-18/h1-4,14-16,20H,5-12,19H2. The molecular formula is C18H26N2. The van der Waals surface area contributed by atoms with Gasteiger partial charge in [0.2, 0.25) is 0 Å². The molecule has 4 aliphatic rings. The van der Waals surface area contributed by atoms with Crippen LogP contribution in [0.15, 0.2) is 24.3 Å². The number of rotatable bonds is 4. The Morgan fingerprint density at radius 3 is 2.00 bits per heavy atom. The first-order valence-corrected chi connectivity index (χ1v) is 8.28. The number of hydrogen-bond donors (Lipinski definition) is 2. The summed E-state index contributed by atoms with van der Waals surface area (Å²) in [5.74, 6) is 3.13. The molecule has 0 amide bonds. The first kappa shape index (κ1) is 12.7. The van der Waals surface area contributed by atoms with E-state index in [0.29, 0.717) is 12.0 Å². The van der Waals surface area contributed by atoms with Crippen LogP contribution in [0.3, 0.4) is 0 Å². The zero-order valence-electron chi connectivity index (χ0n) is 12.3. The highest BCUT2D eigenvalue weighted by Gasteiger charge is 2.50. The maximum Gasteiger partial charge on any atom is 0.0340 e. The fourth-order valence-electron chi connectivity index (χ4n) is 5.55. The molecule has 0 heterocycles. The van der Waals surface area contributed by atoms with Gasteiger partial charge < -0.3 is 11.1 Å². The van der Waals surface area contributed by atoms with Gasteiger partial charge >= 0.3 is 0 Å². The predicted octanol–water partition coefficient (Wildman–Crippen LogP) is 3.77. The molecule has 2 heteroatoms. The van der Waals surface area contributed by atoms with Gasteiger partial charge in [0.15, 0.2) is 0 Å². The zero-order chi connectivity index (χ0) is 13.6. The lowest BCUT2D eigenvalue weighted by molar-refractivity contribution is -0.0444. The highest BCUT2D eigenvalue weighted by Crippen LogP contribution is 2.59. The van der Waals surface area contributed by atoms with Gasteiger partial charge in [-0.2, -0.15) is 0 Å². The van der Waals surface area contributed by atoms with E-state index in [4.69, 9.17) is 5.73 Å². The summed E-state index contributed by atoms with van der Waals surface area (Å²) < 4.78 is 0. The average molecular weight is 270 g/mol. The highest BCUT2D eigenvalue weighted by atomic mass is 14.9. The lowest BCUT2D eigenvalue weighted by Gasteiger charge is -2.57. The third-order valence-electron chi connectivity index (χ3n) is 6.02. The molecule has 1 aromatic carbocycles. The van der Waals surface area contributed by atoms with E-state index >= 15 is 0 Å². The second-order valence-electron chi connectivity index (χ2n) is 7.67. The largest absolute Gasteiger partial charge is 0.384 e. The van der Waals surface area contributed by atoms with Crippen molar-refractivity contribution in [3.8, 4) is 0 Å². The van der Waals surface area contributed by atoms with E-state index in [1.54, 1.807) is 0 Å². The Morgan fingerprint density at radius 1 is 0.950 bits per heavy atom. The Kier molecular flexibility index (Phi) is 3.03. The average Bonchev–Trinajstić information content (AvgIpc) is 2.44. The first-order chi connectivity index (χ1) is 9.75. The van der Waals surface area contributed by atoms with E-state index in [9.17, 15) is 0 Å². The Hall–Kier alpha value is -1.02. The van der Waals surface area contributed by atoms with Gasteiger partial charge in [-0.3, -0.25) is 0 Å². The quantitative estimate of drug-likeness (QED) is 0.874. The normalized spacial score (nSPS) is 38.1. The molecule has 4 fully saturated rings. The van der Waals surface area contributed by atoms with Crippen molar-refractivity contribution in [3.63, 3.8) is 0 Å². The van der Waals surface area contributed by atoms with Gasteiger partial charge in [-0.25, -0.2) is 0 Å². The van der Waals surface area contributed by atoms with Crippen molar-refractivity contribution in [1.82, 2.24) is 0 Å². The molecule has 4 bridgehead atoms. The lowest BCUT2D eigenvalue weighted by Crippen LogP contribution is -2.49. The maximum absolute atomic E-state index is 5.66. The SMILES string of the molecule is NCc1ccc(NCC23CC4CC(CC(C4)C2)C3)cc1. The van der Waals surface area contributed by atoms with Crippen molar-refractivity contribution in [2.45, 2.75) is 45.1 Å². The Bertz CT molecular complexity index is 441. The predicted molar refractivity (Wildman–Crippen MR) is 83.4 cm³/mol. The second kappa shape index (κ2) is 4.77. The number of nitrogens with two attached hydrogens (primary N) is 1. The van der Waals surface area contributed by atoms with Crippen molar-refractivity contribution in [2.24, 2.45) is 28.9 Å². The fraction of sp³-hybridized carbons (Fsp3) is 0.667. The summed E-state index contributed by atoms with van der Waals surface area (Å²) in [6.45, 7) is 1.81. The van der Waals surface area contributed by atoms with Crippen LogP contribution in [0.5, 0.6) is 0 Å². The molecule has 3 N–H and O–H groups in total. The van der Waals surface area contributed by atoms with Gasteiger partial charge in [0.25, 0.3) is 0 Å². The van der Waals surface area contributed by atoms with Gasteiger partial charge in [0.05, 0.1) is 0 Å². The summed E-state index contributed by atoms with van der Waals surface area (Å²) in [4.78, 5) is 0. The molecule has 5 rings (SSSR count). The summed E-state index contributed by atoms with van der Waals surface area (Å²) in [7, 11) is 0. The first-order valence-electron chi connectivity index (χ1n) is 8.28. The minimum Gasteiger partial charge on any atom is -0.384 e. The number of benzene rings is 1. The van der Waals surface area contributed by atoms with Gasteiger partial charge in [-0.15, -0.1) is 0 Å². The van der Waals surface area contributed by atoms with Crippen LogP contribution < -0.4 is 11.1 Å². The van der Waals surface area contributed by atoms with Crippen LogP contribution in [0, 0.1) is 23.2 Å². The molecule has 0 radical (unpaired) electrons. The molecule has 0 aliphatic heterocycles. The maximum atomic E-state index is 5.66. The molecular weight excluding hydrogens is 244 g/mol. The van der Waals surface area contributed by atoms with Crippen LogP contribution in [0.4, 0.5) is 5.69 Å². The van der Waals surface area contributed by atoms with E-state index in [2.05, 4.69) is 29.6 Å². The second-order valence-corrected chi connectivity index (χ2v) is 7.67. The molecule has 4 saturated carbocycles. The fourth-order valence-corrected chi connectivity index (χ4v) is 5.55. The van der Waals surface area contributed by atoms with Crippen LogP contribution in [-0.4, -0.2) is 6.54 Å². The van der Waals surface area contributed by atoms with E-state index < -0.39 is 0 Å². The summed E-state index contributed by atoms with van der Waals surface area (Å²) >= 11 is 0. The van der Waals surface area contributed by atoms with Gasteiger partial charge in [-0.05, 0) is 79.4 Å². The van der Waals surface area contributed by atoms with Crippen LogP contribution in [0.2, 0.25) is 0 Å². The molecule has 0 unspecified atom stereocenters. The van der Waals surface area contributed by atoms with Gasteiger partial charge in [0, 0.05) is 18.8 Å². The van der Waals surface area contributed by atoms with Crippen molar-refractivity contribution in [1.29, 1.82) is 0 Å². The molecule has 108 valence electrons. The van der Waals surface area contributed by atoms with Crippen LogP contribution in [-0.2, 0) is 6.54 Å². The Balaban J connectivity index is 1.43. The molecule has 0 atom stereocenters. The van der Waals surface area contributed by atoms with E-state index in [-0.39, 0.29) is 0 Å². The van der Waals surface area contributed by atoms with Crippen LogP contribution >= 0.6 is 0 Å². The topological polar surface area (TPSA) is 38.0 Å². The molecule has 0 saturated heterocycles. The Labute approximate surface area is 122 Å². The van der Waals surface area contributed by atoms with E-state index in [1.165, 1.54) is 56.3 Å². The number of hydrogen-bond acceptors (Lipinski definition) is 2. The summed E-state index contributed by atoms with van der Waals surface area (Å²) in [5, 5.41) is 3.71. The van der Waals surface area contributed by atoms with Crippen molar-refractivity contribution < 1.29 is 0 Å². The molecule has 0 spiro atoms. The third kappa shape index (κ3) is 2.24. The lowest BCUT2D eigenvalue weighted by atomic mass is 9.49. The van der Waals surface area contributed by atoms with Crippen molar-refractivity contribution in [3.05, 3.63) is 29.8 Å². The van der Waals surface area contributed by atoms with E-state index in [1.807, 2.05) is 0 Å². The van der Waals surface area contributed by atoms with Gasteiger partial charge in [-0.1, -0.05) is 12.1 Å². The van der Waals surface area contributed by atoms with Crippen molar-refractivity contribution in [2.75, 3.05) is 11.9 Å². The highest BCUT2D eigenvalue weighted by molar-refractivity contribution is 5.44. The minimum absolute atomic E-state index is 0.612. The smallest absolute Gasteiger partial charge is 0.0340 e. The summed E-state index contributed by atoms with van der Waals surface area (Å²) in [5.41, 5.74) is 8.74. The van der Waals surface area contributed by atoms with Crippen molar-refractivity contribution >= 4 is 5.69 Å². The zero-order valence-corrected chi connectivity index (χ0v) is 12.3. The molecule has 0 aromatic heterocycles. The summed E-state index contributed by atoms with van der Waals surface area (Å²) in [6.07, 6.45) is 9.03. The molecule has 4 aliphatic carbocycles. The number of nitrogens with one attached hydrogen (secondary N) is 1. The summed E-state index contributed by atoms with van der Waals surface area (Å²) in [6, 6.07) is 8.65. The van der Waals surface area contributed by atoms with Crippen LogP contribution in [0.25, 0.3) is 0 Å². The third-order valence-corrected chi connectivity index (χ3v) is 6.02. The minimum atomic E-state index is 0.612. The van der Waals surface area contributed by atoms with E-state index in [0.717, 1.165) is 17.8 Å². The van der Waals surface area contributed by atoms with Gasteiger partial charge in [0.1, 0.15) is 0 Å². The van der Waals surface area contributed by atoms with Crippen LogP contribution in [0.1, 0.15) is 44.1 Å². The Morgan fingerprint density at radius 2 is 1.50 bits per heavy atom. The monoisotopic (exact) mass is 270 g/mol. The molecule has 20 heavy (non-hydrogen) atoms. The molecule has 2 nitrogen and oxygen atoms in total. The number of anilines is 1. The molecule has 1 aromatic rings.